The van der Waals surface area contributed by atoms with Crippen molar-refractivity contribution in [3.8, 4) is 0 Å². The predicted molar refractivity (Wildman–Crippen MR) is 87.0 cm³/mol. The van der Waals surface area contributed by atoms with Crippen molar-refractivity contribution in [2.24, 2.45) is 0 Å². The highest BCUT2D eigenvalue weighted by Gasteiger charge is 2.32. The average Bonchev–Trinajstić information content (AvgIpc) is 2.82. The number of nitrogens with zero attached hydrogens (tertiary/aromatic N) is 5. The minimum atomic E-state index is 0.0862. The molecule has 1 N–H and O–H groups in total. The van der Waals surface area contributed by atoms with E-state index >= 15 is 0 Å². The Morgan fingerprint density at radius 3 is 2.83 bits per heavy atom. The fraction of sp³-hybridized carbons (Fsp3) is 0.500. The van der Waals surface area contributed by atoms with Crippen LogP contribution in [0.15, 0.2) is 18.3 Å². The van der Waals surface area contributed by atoms with E-state index in [1.165, 1.54) is 0 Å². The van der Waals surface area contributed by atoms with Crippen LogP contribution in [0.5, 0.6) is 0 Å². The lowest BCUT2D eigenvalue weighted by molar-refractivity contribution is -0.136. The number of nitrogens with one attached hydrogen (secondary N) is 1. The van der Waals surface area contributed by atoms with Gasteiger partial charge >= 0.3 is 0 Å². The molecule has 122 valence electrons. The molecule has 2 aromatic rings. The second-order valence-electron chi connectivity index (χ2n) is 5.86. The summed E-state index contributed by atoms with van der Waals surface area (Å²) in [7, 11) is 0. The molecule has 0 unspecified atom stereocenters. The normalized spacial score (nSPS) is 17.0. The first kappa shape index (κ1) is 15.5. The van der Waals surface area contributed by atoms with Crippen LogP contribution < -0.4 is 5.32 Å². The van der Waals surface area contributed by atoms with Gasteiger partial charge in [-0.2, -0.15) is 5.10 Å². The maximum Gasteiger partial charge on any atom is 0.220 e. The van der Waals surface area contributed by atoms with Crippen molar-refractivity contribution in [3.63, 3.8) is 0 Å². The Morgan fingerprint density at radius 1 is 1.39 bits per heavy atom. The second kappa shape index (κ2) is 6.36. The van der Waals surface area contributed by atoms with Crippen LogP contribution in [0, 0.1) is 13.8 Å². The molecule has 1 aliphatic heterocycles. The van der Waals surface area contributed by atoms with Crippen LogP contribution in [0.3, 0.4) is 0 Å². The molecule has 1 fully saturated rings. The lowest BCUT2D eigenvalue weighted by atomic mass is 9.99. The Labute approximate surface area is 135 Å². The average molecular weight is 314 g/mol. The first-order chi connectivity index (χ1) is 11.0. The highest BCUT2D eigenvalue weighted by molar-refractivity contribution is 5.74. The van der Waals surface area contributed by atoms with Gasteiger partial charge in [-0.1, -0.05) is 0 Å². The SMILES string of the molecule is CC(=O)N1CC[C@@H]1c1cc(NCCn2nccc2C)nc(C)n1. The van der Waals surface area contributed by atoms with Gasteiger partial charge in [0, 0.05) is 38.0 Å². The number of carbonyl (C=O) groups is 1. The van der Waals surface area contributed by atoms with Gasteiger partial charge in [0.2, 0.25) is 5.91 Å². The summed E-state index contributed by atoms with van der Waals surface area (Å²) >= 11 is 0. The zero-order valence-electron chi connectivity index (χ0n) is 13.8. The third kappa shape index (κ3) is 3.33. The van der Waals surface area contributed by atoms with Gasteiger partial charge in [-0.3, -0.25) is 9.48 Å². The molecule has 0 radical (unpaired) electrons. The molecule has 2 aromatic heterocycles. The number of likely N-dealkylation sites (tertiary alicyclic amines) is 1. The molecule has 1 saturated heterocycles. The Kier molecular flexibility index (Phi) is 4.27. The number of hydrogen-bond acceptors (Lipinski definition) is 5. The van der Waals surface area contributed by atoms with Crippen LogP contribution in [-0.4, -0.2) is 43.6 Å². The quantitative estimate of drug-likeness (QED) is 0.909. The first-order valence-corrected chi connectivity index (χ1v) is 7.89. The van der Waals surface area contributed by atoms with Crippen LogP contribution in [-0.2, 0) is 11.3 Å². The molecule has 0 aliphatic carbocycles. The lowest BCUT2D eigenvalue weighted by Crippen LogP contribution is -2.44. The molecule has 3 rings (SSSR count). The number of rotatable bonds is 5. The van der Waals surface area contributed by atoms with Crippen LogP contribution in [0.1, 0.15) is 36.6 Å². The van der Waals surface area contributed by atoms with E-state index in [0.29, 0.717) is 0 Å². The largest absolute Gasteiger partial charge is 0.368 e. The van der Waals surface area contributed by atoms with E-state index < -0.39 is 0 Å². The van der Waals surface area contributed by atoms with Crippen molar-refractivity contribution in [1.82, 2.24) is 24.6 Å². The molecule has 7 nitrogen and oxygen atoms in total. The molecule has 0 spiro atoms. The van der Waals surface area contributed by atoms with Crippen molar-refractivity contribution < 1.29 is 4.79 Å². The molecule has 23 heavy (non-hydrogen) atoms. The number of carbonyl (C=O) groups excluding carboxylic acids is 1. The summed E-state index contributed by atoms with van der Waals surface area (Å²) in [5.41, 5.74) is 2.05. The molecular formula is C16H22N6O. The zero-order chi connectivity index (χ0) is 16.4. The molecule has 3 heterocycles. The van der Waals surface area contributed by atoms with E-state index in [-0.39, 0.29) is 11.9 Å². The maximum atomic E-state index is 11.6. The molecular weight excluding hydrogens is 292 g/mol. The van der Waals surface area contributed by atoms with Crippen molar-refractivity contribution >= 4 is 11.7 Å². The first-order valence-electron chi connectivity index (χ1n) is 7.89. The Hall–Kier alpha value is -2.44. The van der Waals surface area contributed by atoms with Gasteiger partial charge in [-0.05, 0) is 26.3 Å². The van der Waals surface area contributed by atoms with E-state index in [9.17, 15) is 4.79 Å². The summed E-state index contributed by atoms with van der Waals surface area (Å²) in [5, 5.41) is 7.58. The maximum absolute atomic E-state index is 11.6. The van der Waals surface area contributed by atoms with Crippen LogP contribution >= 0.6 is 0 Å². The van der Waals surface area contributed by atoms with Gasteiger partial charge in [0.05, 0.1) is 18.3 Å². The molecule has 0 saturated carbocycles. The summed E-state index contributed by atoms with van der Waals surface area (Å²) < 4.78 is 1.95. The molecule has 0 bridgehead atoms. The van der Waals surface area contributed by atoms with Gasteiger partial charge in [0.25, 0.3) is 0 Å². The third-order valence-corrected chi connectivity index (χ3v) is 4.18. The van der Waals surface area contributed by atoms with Crippen molar-refractivity contribution in [2.45, 2.75) is 39.8 Å². The van der Waals surface area contributed by atoms with Crippen molar-refractivity contribution in [3.05, 3.63) is 35.5 Å². The summed E-state index contributed by atoms with van der Waals surface area (Å²) in [5.74, 6) is 1.62. The molecule has 1 amide bonds. The molecule has 0 aromatic carbocycles. The van der Waals surface area contributed by atoms with Crippen molar-refractivity contribution in [1.29, 1.82) is 0 Å². The van der Waals surface area contributed by atoms with E-state index in [4.69, 9.17) is 0 Å². The molecule has 7 heteroatoms. The highest BCUT2D eigenvalue weighted by atomic mass is 16.2. The number of hydrogen-bond donors (Lipinski definition) is 1. The molecule has 1 atom stereocenters. The summed E-state index contributed by atoms with van der Waals surface area (Å²) in [6.45, 7) is 7.84. The summed E-state index contributed by atoms with van der Waals surface area (Å²) in [6.07, 6.45) is 2.76. The van der Waals surface area contributed by atoms with Gasteiger partial charge in [0.15, 0.2) is 0 Å². The second-order valence-corrected chi connectivity index (χ2v) is 5.86. The van der Waals surface area contributed by atoms with Crippen LogP contribution in [0.2, 0.25) is 0 Å². The van der Waals surface area contributed by atoms with Crippen LogP contribution in [0.25, 0.3) is 0 Å². The van der Waals surface area contributed by atoms with E-state index in [1.54, 1.807) is 13.1 Å². The molecule has 1 aliphatic rings. The Balaban J connectivity index is 1.66. The van der Waals surface area contributed by atoms with Gasteiger partial charge in [-0.25, -0.2) is 9.97 Å². The van der Waals surface area contributed by atoms with E-state index in [1.807, 2.05) is 35.6 Å². The Bertz CT molecular complexity index is 710. The standard InChI is InChI=1S/C16H22N6O/c1-11-4-6-18-22(11)9-7-17-16-10-14(19-12(2)20-16)15-5-8-21(15)13(3)23/h4,6,10,15H,5,7-9H2,1-3H3,(H,17,19,20)/t15-/m1/s1. The summed E-state index contributed by atoms with van der Waals surface area (Å²) in [6, 6.07) is 4.02. The Morgan fingerprint density at radius 2 is 2.22 bits per heavy atom. The third-order valence-electron chi connectivity index (χ3n) is 4.18. The van der Waals surface area contributed by atoms with Crippen LogP contribution in [0.4, 0.5) is 5.82 Å². The van der Waals surface area contributed by atoms with Crippen molar-refractivity contribution in [2.75, 3.05) is 18.4 Å². The number of aromatic nitrogens is 4. The summed E-state index contributed by atoms with van der Waals surface area (Å²) in [4.78, 5) is 22.3. The zero-order valence-corrected chi connectivity index (χ0v) is 13.8. The minimum Gasteiger partial charge on any atom is -0.368 e. The van der Waals surface area contributed by atoms with Gasteiger partial charge in [0.1, 0.15) is 11.6 Å². The van der Waals surface area contributed by atoms with E-state index in [0.717, 1.165) is 49.1 Å². The lowest BCUT2D eigenvalue weighted by Gasteiger charge is -2.40. The number of aryl methyl sites for hydroxylation is 2. The highest BCUT2D eigenvalue weighted by Crippen LogP contribution is 2.32. The monoisotopic (exact) mass is 314 g/mol. The number of anilines is 1. The predicted octanol–water partition coefficient (Wildman–Crippen LogP) is 1.70. The smallest absolute Gasteiger partial charge is 0.220 e. The van der Waals surface area contributed by atoms with Gasteiger partial charge < -0.3 is 10.2 Å². The van der Waals surface area contributed by atoms with E-state index in [2.05, 4.69) is 20.4 Å². The van der Waals surface area contributed by atoms with Gasteiger partial charge in [-0.15, -0.1) is 0 Å². The fourth-order valence-electron chi connectivity index (χ4n) is 2.85. The fourth-order valence-corrected chi connectivity index (χ4v) is 2.85. The topological polar surface area (TPSA) is 75.9 Å². The number of amides is 1. The minimum absolute atomic E-state index is 0.0862.